The number of hydrogen-bond donors (Lipinski definition) is 1. The molecule has 4 heteroatoms. The molecule has 0 unspecified atom stereocenters. The van der Waals surface area contributed by atoms with Crippen molar-refractivity contribution < 1.29 is 4.79 Å². The lowest BCUT2D eigenvalue weighted by Crippen LogP contribution is -2.51. The van der Waals surface area contributed by atoms with Crippen molar-refractivity contribution >= 4 is 16.8 Å². The van der Waals surface area contributed by atoms with Gasteiger partial charge in [-0.25, -0.2) is 0 Å². The molecule has 1 N–H and O–H groups in total. The second-order valence-electron chi connectivity index (χ2n) is 8.31. The Morgan fingerprint density at radius 1 is 0.964 bits per heavy atom. The van der Waals surface area contributed by atoms with Crippen molar-refractivity contribution in [2.75, 3.05) is 26.2 Å². The Kier molecular flexibility index (Phi) is 4.24. The normalized spacial score (nSPS) is 19.1. The number of carbonyl (C=O) groups is 1. The maximum absolute atomic E-state index is 13.5. The minimum Gasteiger partial charge on any atom is -0.358 e. The van der Waals surface area contributed by atoms with Gasteiger partial charge in [0.15, 0.2) is 0 Å². The number of aromatic amines is 1. The van der Waals surface area contributed by atoms with E-state index in [0.29, 0.717) is 5.91 Å². The molecular formula is C24H27N3O. The fraction of sp³-hybridized carbons (Fsp3) is 0.375. The average Bonchev–Trinajstić information content (AvgIpc) is 3.45. The summed E-state index contributed by atoms with van der Waals surface area (Å²) in [5.74, 6) is 0.333. The van der Waals surface area contributed by atoms with Crippen LogP contribution in [0.4, 0.5) is 0 Å². The van der Waals surface area contributed by atoms with E-state index in [1.165, 1.54) is 16.5 Å². The van der Waals surface area contributed by atoms with Crippen LogP contribution in [0.25, 0.3) is 10.9 Å². The van der Waals surface area contributed by atoms with Gasteiger partial charge in [-0.2, -0.15) is 0 Å². The quantitative estimate of drug-likeness (QED) is 0.754. The number of carbonyl (C=O) groups excluding carboxylic acids is 1. The SMILES string of the molecule is Cc1[nH]c2ccccc2c1C1(C(=O)N2CCN(Cc3ccccc3)CC2)CC1. The highest BCUT2D eigenvalue weighted by molar-refractivity contribution is 5.98. The third-order valence-corrected chi connectivity index (χ3v) is 6.44. The fourth-order valence-corrected chi connectivity index (χ4v) is 4.84. The van der Waals surface area contributed by atoms with E-state index in [1.54, 1.807) is 0 Å². The Morgan fingerprint density at radius 3 is 2.36 bits per heavy atom. The molecule has 2 heterocycles. The summed E-state index contributed by atoms with van der Waals surface area (Å²) in [6, 6.07) is 19.0. The lowest BCUT2D eigenvalue weighted by molar-refractivity contribution is -0.135. The molecule has 2 aromatic carbocycles. The van der Waals surface area contributed by atoms with Gasteiger partial charge in [0.2, 0.25) is 5.91 Å². The van der Waals surface area contributed by atoms with Crippen molar-refractivity contribution in [2.24, 2.45) is 0 Å². The number of nitrogens with one attached hydrogen (secondary N) is 1. The van der Waals surface area contributed by atoms with Crippen LogP contribution < -0.4 is 0 Å². The number of H-pyrrole nitrogens is 1. The molecule has 1 aliphatic heterocycles. The lowest BCUT2D eigenvalue weighted by atomic mass is 9.91. The van der Waals surface area contributed by atoms with E-state index in [0.717, 1.165) is 56.8 Å². The standard InChI is InChI=1S/C24H27N3O/c1-18-22(20-9-5-6-10-21(20)25-18)24(11-12-24)23(28)27-15-13-26(14-16-27)17-19-7-3-2-4-8-19/h2-10,25H,11-17H2,1H3. The van der Waals surface area contributed by atoms with E-state index in [1.807, 2.05) is 0 Å². The first-order valence-corrected chi connectivity index (χ1v) is 10.3. The highest BCUT2D eigenvalue weighted by Gasteiger charge is 2.55. The topological polar surface area (TPSA) is 39.3 Å². The molecule has 1 amide bonds. The monoisotopic (exact) mass is 373 g/mol. The van der Waals surface area contributed by atoms with Crippen LogP contribution in [0.1, 0.15) is 29.7 Å². The zero-order valence-electron chi connectivity index (χ0n) is 16.4. The van der Waals surface area contributed by atoms with Gasteiger partial charge in [0.05, 0.1) is 5.41 Å². The Balaban J connectivity index is 1.31. The molecule has 144 valence electrons. The van der Waals surface area contributed by atoms with Gasteiger partial charge < -0.3 is 9.88 Å². The number of fused-ring (bicyclic) bond motifs is 1. The summed E-state index contributed by atoms with van der Waals surface area (Å²) in [6.07, 6.45) is 1.94. The van der Waals surface area contributed by atoms with Gasteiger partial charge in [-0.1, -0.05) is 48.5 Å². The average molecular weight is 374 g/mol. The fourth-order valence-electron chi connectivity index (χ4n) is 4.84. The third kappa shape index (κ3) is 2.92. The molecule has 2 aliphatic rings. The maximum atomic E-state index is 13.5. The summed E-state index contributed by atoms with van der Waals surface area (Å²) >= 11 is 0. The van der Waals surface area contributed by atoms with Gasteiger partial charge in [0.25, 0.3) is 0 Å². The van der Waals surface area contributed by atoms with Crippen molar-refractivity contribution in [3.05, 3.63) is 71.4 Å². The Morgan fingerprint density at radius 2 is 1.64 bits per heavy atom. The van der Waals surface area contributed by atoms with E-state index >= 15 is 0 Å². The van der Waals surface area contributed by atoms with Crippen molar-refractivity contribution in [3.63, 3.8) is 0 Å². The van der Waals surface area contributed by atoms with Gasteiger partial charge in [-0.05, 0) is 37.0 Å². The molecule has 1 saturated heterocycles. The molecule has 0 bridgehead atoms. The van der Waals surface area contributed by atoms with Crippen LogP contribution in [0.3, 0.4) is 0 Å². The number of amides is 1. The molecule has 1 aromatic heterocycles. The van der Waals surface area contributed by atoms with Crippen molar-refractivity contribution in [1.29, 1.82) is 0 Å². The van der Waals surface area contributed by atoms with Crippen LogP contribution in [0, 0.1) is 6.92 Å². The molecule has 28 heavy (non-hydrogen) atoms. The lowest BCUT2D eigenvalue weighted by Gasteiger charge is -2.36. The first-order chi connectivity index (χ1) is 13.7. The predicted molar refractivity (Wildman–Crippen MR) is 112 cm³/mol. The van der Waals surface area contributed by atoms with Crippen LogP contribution >= 0.6 is 0 Å². The van der Waals surface area contributed by atoms with Crippen molar-refractivity contribution in [2.45, 2.75) is 31.7 Å². The van der Waals surface area contributed by atoms with E-state index in [2.05, 4.69) is 76.3 Å². The number of aromatic nitrogens is 1. The van der Waals surface area contributed by atoms with Crippen LogP contribution in [0.5, 0.6) is 0 Å². The molecule has 1 saturated carbocycles. The molecule has 0 atom stereocenters. The summed E-state index contributed by atoms with van der Waals surface area (Å²) in [5, 5.41) is 1.22. The largest absolute Gasteiger partial charge is 0.358 e. The van der Waals surface area contributed by atoms with E-state index in [-0.39, 0.29) is 5.41 Å². The first kappa shape index (κ1) is 17.5. The van der Waals surface area contributed by atoms with Crippen molar-refractivity contribution in [3.8, 4) is 0 Å². The van der Waals surface area contributed by atoms with Crippen molar-refractivity contribution in [1.82, 2.24) is 14.8 Å². The van der Waals surface area contributed by atoms with E-state index in [9.17, 15) is 4.79 Å². The second kappa shape index (κ2) is 6.78. The number of piperazine rings is 1. The summed E-state index contributed by atoms with van der Waals surface area (Å²) < 4.78 is 0. The number of hydrogen-bond acceptors (Lipinski definition) is 2. The smallest absolute Gasteiger partial charge is 0.233 e. The second-order valence-corrected chi connectivity index (χ2v) is 8.31. The van der Waals surface area contributed by atoms with Gasteiger partial charge in [-0.3, -0.25) is 9.69 Å². The maximum Gasteiger partial charge on any atom is 0.233 e. The predicted octanol–water partition coefficient (Wildman–Crippen LogP) is 3.85. The van der Waals surface area contributed by atoms with Gasteiger partial charge in [-0.15, -0.1) is 0 Å². The Labute approximate surface area is 166 Å². The number of benzene rings is 2. The van der Waals surface area contributed by atoms with Crippen LogP contribution in [-0.2, 0) is 16.8 Å². The number of para-hydroxylation sites is 1. The number of nitrogens with zero attached hydrogens (tertiary/aromatic N) is 2. The van der Waals surface area contributed by atoms with Crippen LogP contribution in [0.2, 0.25) is 0 Å². The van der Waals surface area contributed by atoms with E-state index in [4.69, 9.17) is 0 Å². The molecule has 4 nitrogen and oxygen atoms in total. The van der Waals surface area contributed by atoms with Gasteiger partial charge >= 0.3 is 0 Å². The van der Waals surface area contributed by atoms with Crippen LogP contribution in [0.15, 0.2) is 54.6 Å². The minimum atomic E-state index is -0.300. The molecule has 3 aromatic rings. The van der Waals surface area contributed by atoms with Crippen LogP contribution in [-0.4, -0.2) is 46.9 Å². The van der Waals surface area contributed by atoms with Gasteiger partial charge in [0.1, 0.15) is 0 Å². The summed E-state index contributed by atoms with van der Waals surface area (Å²) in [4.78, 5) is 21.6. The summed E-state index contributed by atoms with van der Waals surface area (Å²) in [6.45, 7) is 6.63. The summed E-state index contributed by atoms with van der Waals surface area (Å²) in [7, 11) is 0. The molecule has 0 spiro atoms. The number of rotatable bonds is 4. The highest BCUT2D eigenvalue weighted by atomic mass is 16.2. The Hall–Kier alpha value is -2.59. The molecule has 2 fully saturated rings. The zero-order valence-corrected chi connectivity index (χ0v) is 16.4. The minimum absolute atomic E-state index is 0.300. The zero-order chi connectivity index (χ0) is 19.1. The highest BCUT2D eigenvalue weighted by Crippen LogP contribution is 2.53. The summed E-state index contributed by atoms with van der Waals surface area (Å²) in [5.41, 5.74) is 4.57. The van der Waals surface area contributed by atoms with E-state index < -0.39 is 0 Å². The third-order valence-electron chi connectivity index (χ3n) is 6.44. The number of aryl methyl sites for hydroxylation is 1. The Bertz CT molecular complexity index is 995. The molecular weight excluding hydrogens is 346 g/mol. The first-order valence-electron chi connectivity index (χ1n) is 10.3. The van der Waals surface area contributed by atoms with Gasteiger partial charge in [0, 0.05) is 49.3 Å². The molecule has 1 aliphatic carbocycles. The molecule has 5 rings (SSSR count). The molecule has 0 radical (unpaired) electrons.